The molecular weight excluding hydrogens is 216 g/mol. The van der Waals surface area contributed by atoms with Gasteiger partial charge in [-0.25, -0.2) is 4.79 Å². The Morgan fingerprint density at radius 1 is 1.41 bits per heavy atom. The fourth-order valence-electron chi connectivity index (χ4n) is 1.56. The first-order valence-electron chi connectivity index (χ1n) is 5.93. The molecule has 1 rings (SSSR count). The second-order valence-corrected chi connectivity index (χ2v) is 4.09. The number of hydrogen-bond donors (Lipinski definition) is 3. The minimum Gasteiger partial charge on any atom is -0.394 e. The summed E-state index contributed by atoms with van der Waals surface area (Å²) in [7, 11) is 0. The van der Waals surface area contributed by atoms with Gasteiger partial charge in [-0.1, -0.05) is 31.5 Å². The maximum atomic E-state index is 11.6. The number of amides is 2. The number of nitrogens with one attached hydrogen (secondary N) is 2. The zero-order chi connectivity index (χ0) is 12.7. The largest absolute Gasteiger partial charge is 0.394 e. The maximum absolute atomic E-state index is 11.6. The number of carbonyl (C=O) groups excluding carboxylic acids is 1. The van der Waals surface area contributed by atoms with E-state index in [0.29, 0.717) is 0 Å². The summed E-state index contributed by atoms with van der Waals surface area (Å²) in [4.78, 5) is 11.6. The summed E-state index contributed by atoms with van der Waals surface area (Å²) in [6, 6.07) is 7.22. The molecule has 0 radical (unpaired) electrons. The van der Waals surface area contributed by atoms with Crippen LogP contribution in [-0.4, -0.2) is 23.8 Å². The van der Waals surface area contributed by atoms with Crippen molar-refractivity contribution in [1.29, 1.82) is 0 Å². The van der Waals surface area contributed by atoms with Crippen LogP contribution in [0.2, 0.25) is 0 Å². The number of aryl methyl sites for hydroxylation is 1. The fraction of sp³-hybridized carbons (Fsp3) is 0.462. The van der Waals surface area contributed by atoms with Crippen LogP contribution in [0.1, 0.15) is 25.8 Å². The molecule has 0 bridgehead atoms. The number of para-hydroxylation sites is 1. The van der Waals surface area contributed by atoms with Gasteiger partial charge in [0.25, 0.3) is 0 Å². The molecule has 1 unspecified atom stereocenters. The van der Waals surface area contributed by atoms with E-state index in [1.165, 1.54) is 0 Å². The topological polar surface area (TPSA) is 61.4 Å². The van der Waals surface area contributed by atoms with Crippen LogP contribution in [-0.2, 0) is 6.42 Å². The van der Waals surface area contributed by atoms with Crippen LogP contribution < -0.4 is 10.6 Å². The third kappa shape index (κ3) is 4.44. The lowest BCUT2D eigenvalue weighted by molar-refractivity contribution is 0.229. The summed E-state index contributed by atoms with van der Waals surface area (Å²) in [6.45, 7) is 3.78. The normalized spacial score (nSPS) is 11.9. The second-order valence-electron chi connectivity index (χ2n) is 4.09. The molecule has 0 aliphatic heterocycles. The third-order valence-electron chi connectivity index (χ3n) is 2.44. The number of carbonyl (C=O) groups is 1. The predicted molar refractivity (Wildman–Crippen MR) is 69.1 cm³/mol. The van der Waals surface area contributed by atoms with Crippen LogP contribution in [0.25, 0.3) is 0 Å². The molecule has 0 aliphatic rings. The molecule has 3 N–H and O–H groups in total. The molecule has 0 saturated carbocycles. The Balaban J connectivity index is 2.64. The first kappa shape index (κ1) is 13.5. The van der Waals surface area contributed by atoms with Crippen molar-refractivity contribution in [3.8, 4) is 0 Å². The number of anilines is 1. The van der Waals surface area contributed by atoms with Gasteiger partial charge in [0.05, 0.1) is 12.6 Å². The van der Waals surface area contributed by atoms with E-state index in [-0.39, 0.29) is 18.7 Å². The van der Waals surface area contributed by atoms with E-state index in [1.54, 1.807) is 6.92 Å². The monoisotopic (exact) mass is 236 g/mol. The highest BCUT2D eigenvalue weighted by atomic mass is 16.3. The summed E-state index contributed by atoms with van der Waals surface area (Å²) in [6.07, 6.45) is 1.97. The minimum atomic E-state index is -0.282. The average Bonchev–Trinajstić information content (AvgIpc) is 2.31. The van der Waals surface area contributed by atoms with Crippen molar-refractivity contribution < 1.29 is 9.90 Å². The van der Waals surface area contributed by atoms with Gasteiger partial charge in [0.15, 0.2) is 0 Å². The molecule has 0 fully saturated rings. The van der Waals surface area contributed by atoms with Crippen molar-refractivity contribution in [3.63, 3.8) is 0 Å². The van der Waals surface area contributed by atoms with E-state index >= 15 is 0 Å². The predicted octanol–water partition coefficient (Wildman–Crippen LogP) is 2.14. The van der Waals surface area contributed by atoms with E-state index in [4.69, 9.17) is 5.11 Å². The zero-order valence-electron chi connectivity index (χ0n) is 10.4. The molecule has 0 saturated heterocycles. The van der Waals surface area contributed by atoms with Gasteiger partial charge in [-0.05, 0) is 25.0 Å². The van der Waals surface area contributed by atoms with Gasteiger partial charge in [-0.2, -0.15) is 0 Å². The number of urea groups is 1. The summed E-state index contributed by atoms with van der Waals surface area (Å²) in [5.41, 5.74) is 1.96. The van der Waals surface area contributed by atoms with Crippen molar-refractivity contribution in [2.24, 2.45) is 0 Å². The van der Waals surface area contributed by atoms with E-state index < -0.39 is 0 Å². The third-order valence-corrected chi connectivity index (χ3v) is 2.44. The lowest BCUT2D eigenvalue weighted by Crippen LogP contribution is -2.38. The molecule has 1 aromatic rings. The quantitative estimate of drug-likeness (QED) is 0.733. The molecule has 17 heavy (non-hydrogen) atoms. The first-order valence-corrected chi connectivity index (χ1v) is 5.93. The van der Waals surface area contributed by atoms with Gasteiger partial charge in [0.1, 0.15) is 0 Å². The minimum absolute atomic E-state index is 0.0654. The van der Waals surface area contributed by atoms with E-state index in [0.717, 1.165) is 24.1 Å². The number of benzene rings is 1. The molecule has 1 aromatic carbocycles. The van der Waals surface area contributed by atoms with Crippen molar-refractivity contribution in [2.75, 3.05) is 11.9 Å². The molecule has 0 aliphatic carbocycles. The van der Waals surface area contributed by atoms with Gasteiger partial charge in [0.2, 0.25) is 0 Å². The Labute approximate surface area is 102 Å². The number of aliphatic hydroxyl groups excluding tert-OH is 1. The Morgan fingerprint density at radius 3 is 2.76 bits per heavy atom. The zero-order valence-corrected chi connectivity index (χ0v) is 10.4. The average molecular weight is 236 g/mol. The second kappa shape index (κ2) is 6.91. The van der Waals surface area contributed by atoms with Crippen LogP contribution in [0.5, 0.6) is 0 Å². The number of hydrogen-bond acceptors (Lipinski definition) is 2. The van der Waals surface area contributed by atoms with E-state index in [9.17, 15) is 4.79 Å². The molecule has 0 aromatic heterocycles. The Bertz CT molecular complexity index is 366. The van der Waals surface area contributed by atoms with E-state index in [1.807, 2.05) is 24.3 Å². The Hall–Kier alpha value is -1.55. The summed E-state index contributed by atoms with van der Waals surface area (Å²) in [5.74, 6) is 0. The lowest BCUT2D eigenvalue weighted by atomic mass is 10.1. The highest BCUT2D eigenvalue weighted by molar-refractivity contribution is 5.90. The number of rotatable bonds is 5. The Kier molecular flexibility index (Phi) is 5.49. The van der Waals surface area contributed by atoms with Crippen LogP contribution in [0.15, 0.2) is 24.3 Å². The molecule has 94 valence electrons. The summed E-state index contributed by atoms with van der Waals surface area (Å²) >= 11 is 0. The van der Waals surface area contributed by atoms with Gasteiger partial charge in [0, 0.05) is 5.69 Å². The van der Waals surface area contributed by atoms with Gasteiger partial charge in [-0.15, -0.1) is 0 Å². The van der Waals surface area contributed by atoms with E-state index in [2.05, 4.69) is 17.6 Å². The van der Waals surface area contributed by atoms with Crippen LogP contribution >= 0.6 is 0 Å². The summed E-state index contributed by atoms with van der Waals surface area (Å²) < 4.78 is 0. The lowest BCUT2D eigenvalue weighted by Gasteiger charge is -2.14. The smallest absolute Gasteiger partial charge is 0.319 e. The van der Waals surface area contributed by atoms with Gasteiger partial charge in [-0.3, -0.25) is 0 Å². The van der Waals surface area contributed by atoms with Crippen molar-refractivity contribution in [2.45, 2.75) is 32.7 Å². The van der Waals surface area contributed by atoms with Crippen molar-refractivity contribution in [1.82, 2.24) is 5.32 Å². The molecule has 0 spiro atoms. The fourth-order valence-corrected chi connectivity index (χ4v) is 1.56. The van der Waals surface area contributed by atoms with Crippen LogP contribution in [0.4, 0.5) is 10.5 Å². The molecule has 0 heterocycles. The highest BCUT2D eigenvalue weighted by Crippen LogP contribution is 2.16. The standard InChI is InChI=1S/C13H20N2O2/c1-3-6-11-7-4-5-8-12(11)15-13(17)14-10(2)9-16/h4-5,7-8,10,16H,3,6,9H2,1-2H3,(H2,14,15,17). The highest BCUT2D eigenvalue weighted by Gasteiger charge is 2.08. The van der Waals surface area contributed by atoms with Crippen LogP contribution in [0.3, 0.4) is 0 Å². The first-order chi connectivity index (χ1) is 8.17. The van der Waals surface area contributed by atoms with Crippen molar-refractivity contribution in [3.05, 3.63) is 29.8 Å². The molecule has 1 atom stereocenters. The number of aliphatic hydroxyl groups is 1. The Morgan fingerprint density at radius 2 is 2.12 bits per heavy atom. The molecular formula is C13H20N2O2. The molecule has 4 heteroatoms. The van der Waals surface area contributed by atoms with Gasteiger partial charge < -0.3 is 15.7 Å². The summed E-state index contributed by atoms with van der Waals surface area (Å²) in [5, 5.41) is 14.3. The van der Waals surface area contributed by atoms with Gasteiger partial charge >= 0.3 is 6.03 Å². The molecule has 4 nitrogen and oxygen atoms in total. The maximum Gasteiger partial charge on any atom is 0.319 e. The van der Waals surface area contributed by atoms with Crippen molar-refractivity contribution >= 4 is 11.7 Å². The van der Waals surface area contributed by atoms with Crippen LogP contribution in [0, 0.1) is 0 Å². The SMILES string of the molecule is CCCc1ccccc1NC(=O)NC(C)CO. The molecule has 2 amide bonds.